The van der Waals surface area contributed by atoms with Crippen molar-refractivity contribution in [2.24, 2.45) is 0 Å². The van der Waals surface area contributed by atoms with E-state index in [-0.39, 0.29) is 18.0 Å². The van der Waals surface area contributed by atoms with E-state index < -0.39 is 5.60 Å². The third kappa shape index (κ3) is 7.60. The largest absolute Gasteiger partial charge is 0.444 e. The predicted molar refractivity (Wildman–Crippen MR) is 200 cm³/mol. The number of nitrogens with zero attached hydrogens (tertiary/aromatic N) is 4. The molecule has 1 aliphatic rings. The summed E-state index contributed by atoms with van der Waals surface area (Å²) in [6.45, 7) is 8.73. The van der Waals surface area contributed by atoms with Gasteiger partial charge in [-0.3, -0.25) is 4.79 Å². The number of piperidine rings is 1. The number of carbonyl (C=O) groups is 2. The first-order valence-electron chi connectivity index (χ1n) is 17.1. The number of anilines is 2. The maximum Gasteiger partial charge on any atom is 0.410 e. The Kier molecular flexibility index (Phi) is 9.23. The van der Waals surface area contributed by atoms with Crippen LogP contribution in [0.4, 0.5) is 16.4 Å². The summed E-state index contributed by atoms with van der Waals surface area (Å²) in [6.07, 6.45) is 4.78. The molecule has 51 heavy (non-hydrogen) atoms. The van der Waals surface area contributed by atoms with Crippen LogP contribution >= 0.6 is 0 Å². The van der Waals surface area contributed by atoms with Gasteiger partial charge in [-0.05, 0) is 93.3 Å². The summed E-state index contributed by atoms with van der Waals surface area (Å²) in [6, 6.07) is 29.0. The molecule has 1 aliphatic heterocycles. The van der Waals surface area contributed by atoms with Gasteiger partial charge in [-0.25, -0.2) is 19.7 Å². The molecule has 0 aliphatic carbocycles. The molecule has 1 atom stereocenters. The zero-order valence-corrected chi connectivity index (χ0v) is 29.1. The van der Waals surface area contributed by atoms with Crippen LogP contribution in [0.1, 0.15) is 49.5 Å². The minimum Gasteiger partial charge on any atom is -0.444 e. The van der Waals surface area contributed by atoms with Crippen molar-refractivity contribution in [2.75, 3.05) is 23.7 Å². The van der Waals surface area contributed by atoms with E-state index in [0.717, 1.165) is 39.9 Å². The van der Waals surface area contributed by atoms with E-state index in [9.17, 15) is 9.59 Å². The number of rotatable bonds is 7. The van der Waals surface area contributed by atoms with Crippen LogP contribution in [0.15, 0.2) is 103 Å². The van der Waals surface area contributed by atoms with Gasteiger partial charge in [0.1, 0.15) is 11.4 Å². The first-order valence-corrected chi connectivity index (χ1v) is 17.1. The topological polar surface area (TPSA) is 119 Å². The Bertz CT molecular complexity index is 2250. The van der Waals surface area contributed by atoms with Crippen LogP contribution in [-0.2, 0) is 4.74 Å². The fraction of sp³-hybridized carbons (Fsp3) is 0.244. The first-order chi connectivity index (χ1) is 24.6. The highest BCUT2D eigenvalue weighted by molar-refractivity contribution is 6.11. The standard InChI is InChI=1S/C41H40N6O4/c1-26-16-19-31-32(13-7-15-34(31)45-37(48)29-18-17-27-10-5-6-11-28(27)24-29)36(26)50-38-33(14-8-21-42-38)35-20-22-43-39(46-35)44-30-12-9-23-47(25-30)40(49)51-41(2,3)4/h5-8,10-11,13-22,24,30H,9,12,23,25H2,1-4H3,(H,45,48)(H,43,44,46)/t30-/m0/s1. The Morgan fingerprint density at radius 2 is 1.71 bits per heavy atom. The first kappa shape index (κ1) is 33.5. The number of ether oxygens (including phenoxy) is 2. The fourth-order valence-corrected chi connectivity index (χ4v) is 6.32. The van der Waals surface area contributed by atoms with Crippen LogP contribution in [0, 0.1) is 6.92 Å². The van der Waals surface area contributed by atoms with E-state index in [1.165, 1.54) is 0 Å². The summed E-state index contributed by atoms with van der Waals surface area (Å²) in [5.41, 5.74) is 2.94. The number of pyridine rings is 1. The second-order valence-electron chi connectivity index (χ2n) is 13.8. The van der Waals surface area contributed by atoms with Crippen molar-refractivity contribution in [3.8, 4) is 22.9 Å². The molecule has 4 aromatic carbocycles. The molecule has 258 valence electrons. The smallest absolute Gasteiger partial charge is 0.410 e. The lowest BCUT2D eigenvalue weighted by Crippen LogP contribution is -2.47. The minimum absolute atomic E-state index is 0.0274. The van der Waals surface area contributed by atoms with Crippen LogP contribution in [0.5, 0.6) is 11.6 Å². The number of aromatic nitrogens is 3. The average molecular weight is 681 g/mol. The van der Waals surface area contributed by atoms with Gasteiger partial charge in [0.15, 0.2) is 0 Å². The highest BCUT2D eigenvalue weighted by Gasteiger charge is 2.28. The minimum atomic E-state index is -0.556. The van der Waals surface area contributed by atoms with Gasteiger partial charge in [0.2, 0.25) is 11.8 Å². The molecule has 0 saturated carbocycles. The molecule has 0 radical (unpaired) electrons. The summed E-state index contributed by atoms with van der Waals surface area (Å²) >= 11 is 0. The van der Waals surface area contributed by atoms with E-state index in [4.69, 9.17) is 14.5 Å². The van der Waals surface area contributed by atoms with Crippen LogP contribution < -0.4 is 15.4 Å². The van der Waals surface area contributed by atoms with Crippen LogP contribution in [-0.4, -0.2) is 56.6 Å². The van der Waals surface area contributed by atoms with Gasteiger partial charge in [-0.2, -0.15) is 0 Å². The maximum atomic E-state index is 13.4. The molecule has 0 bridgehead atoms. The number of hydrogen-bond donors (Lipinski definition) is 2. The van der Waals surface area contributed by atoms with E-state index in [1.807, 2.05) is 119 Å². The Hall–Kier alpha value is -6.03. The number of benzene rings is 4. The second-order valence-corrected chi connectivity index (χ2v) is 13.8. The fourth-order valence-electron chi connectivity index (χ4n) is 6.32. The highest BCUT2D eigenvalue weighted by atomic mass is 16.6. The van der Waals surface area contributed by atoms with Gasteiger partial charge < -0.3 is 25.0 Å². The molecule has 10 nitrogen and oxygen atoms in total. The summed E-state index contributed by atoms with van der Waals surface area (Å²) in [5.74, 6) is 1.27. The van der Waals surface area contributed by atoms with Gasteiger partial charge in [0, 0.05) is 53.5 Å². The van der Waals surface area contributed by atoms with Crippen molar-refractivity contribution < 1.29 is 19.1 Å². The predicted octanol–water partition coefficient (Wildman–Crippen LogP) is 9.01. The third-order valence-corrected chi connectivity index (χ3v) is 8.78. The highest BCUT2D eigenvalue weighted by Crippen LogP contribution is 2.39. The van der Waals surface area contributed by atoms with Crippen molar-refractivity contribution in [1.29, 1.82) is 0 Å². The Balaban J connectivity index is 1.12. The lowest BCUT2D eigenvalue weighted by molar-refractivity contribution is 0.0206. The van der Waals surface area contributed by atoms with Crippen molar-refractivity contribution in [3.63, 3.8) is 0 Å². The molecule has 2 aromatic heterocycles. The molecule has 3 heterocycles. The van der Waals surface area contributed by atoms with E-state index >= 15 is 0 Å². The number of nitrogens with one attached hydrogen (secondary N) is 2. The van der Waals surface area contributed by atoms with Gasteiger partial charge >= 0.3 is 6.09 Å². The Labute approximate surface area is 296 Å². The molecule has 10 heteroatoms. The number of fused-ring (bicyclic) bond motifs is 2. The number of likely N-dealkylation sites (tertiary alicyclic amines) is 1. The molecular formula is C41H40N6O4. The van der Waals surface area contributed by atoms with Crippen molar-refractivity contribution in [3.05, 3.63) is 115 Å². The average Bonchev–Trinajstić information content (AvgIpc) is 3.12. The normalized spacial score (nSPS) is 14.7. The van der Waals surface area contributed by atoms with Crippen molar-refractivity contribution in [2.45, 2.75) is 52.2 Å². The summed E-state index contributed by atoms with van der Waals surface area (Å²) in [7, 11) is 0. The van der Waals surface area contributed by atoms with Gasteiger partial charge in [-0.1, -0.05) is 54.6 Å². The zero-order chi connectivity index (χ0) is 35.5. The van der Waals surface area contributed by atoms with Crippen LogP contribution in [0.2, 0.25) is 0 Å². The zero-order valence-electron chi connectivity index (χ0n) is 29.1. The quantitative estimate of drug-likeness (QED) is 0.172. The van der Waals surface area contributed by atoms with E-state index in [1.54, 1.807) is 17.3 Å². The molecule has 2 N–H and O–H groups in total. The number of amides is 2. The summed E-state index contributed by atoms with van der Waals surface area (Å²) in [5, 5.41) is 10.3. The van der Waals surface area contributed by atoms with Crippen LogP contribution in [0.3, 0.4) is 0 Å². The van der Waals surface area contributed by atoms with Gasteiger partial charge in [0.25, 0.3) is 5.91 Å². The summed E-state index contributed by atoms with van der Waals surface area (Å²) in [4.78, 5) is 41.8. The third-order valence-electron chi connectivity index (χ3n) is 8.78. The molecule has 2 amide bonds. The second kappa shape index (κ2) is 14.1. The maximum absolute atomic E-state index is 13.4. The Morgan fingerprint density at radius 1 is 0.863 bits per heavy atom. The number of aryl methyl sites for hydroxylation is 1. The lowest BCUT2D eigenvalue weighted by atomic mass is 10.0. The van der Waals surface area contributed by atoms with Crippen molar-refractivity contribution in [1.82, 2.24) is 19.9 Å². The molecule has 1 fully saturated rings. The van der Waals surface area contributed by atoms with E-state index in [2.05, 4.69) is 20.6 Å². The number of hydrogen-bond acceptors (Lipinski definition) is 8. The van der Waals surface area contributed by atoms with Crippen LogP contribution in [0.25, 0.3) is 32.8 Å². The SMILES string of the molecule is Cc1ccc2c(NC(=O)c3ccc4ccccc4c3)cccc2c1Oc1ncccc1-c1ccnc(N[C@H]2CCCN(C(=O)OC(C)(C)C)C2)n1. The lowest BCUT2D eigenvalue weighted by Gasteiger charge is -2.34. The monoisotopic (exact) mass is 680 g/mol. The Morgan fingerprint density at radius 3 is 2.55 bits per heavy atom. The van der Waals surface area contributed by atoms with Gasteiger partial charge in [0.05, 0.1) is 11.3 Å². The molecule has 6 aromatic rings. The van der Waals surface area contributed by atoms with Gasteiger partial charge in [-0.15, -0.1) is 0 Å². The molecule has 1 saturated heterocycles. The molecule has 0 spiro atoms. The number of carbonyl (C=O) groups excluding carboxylic acids is 2. The molecular weight excluding hydrogens is 640 g/mol. The molecule has 7 rings (SSSR count). The van der Waals surface area contributed by atoms with Crippen molar-refractivity contribution >= 4 is 45.2 Å². The summed E-state index contributed by atoms with van der Waals surface area (Å²) < 4.78 is 12.2. The van der Waals surface area contributed by atoms with E-state index in [0.29, 0.717) is 53.2 Å². The molecule has 0 unspecified atom stereocenters.